The van der Waals surface area contributed by atoms with E-state index in [1.165, 1.54) is 0 Å². The molecule has 152 valence electrons. The molecule has 3 aromatic rings. The Hall–Kier alpha value is -2.09. The van der Waals surface area contributed by atoms with E-state index in [0.717, 1.165) is 27.0 Å². The first kappa shape index (κ1) is 23.9. The number of aromatic nitrogens is 2. The van der Waals surface area contributed by atoms with Gasteiger partial charge < -0.3 is 24.5 Å². The van der Waals surface area contributed by atoms with Crippen LogP contribution in [0.1, 0.15) is 0 Å². The summed E-state index contributed by atoms with van der Waals surface area (Å²) in [5, 5.41) is 0. The van der Waals surface area contributed by atoms with Crippen LogP contribution in [-0.4, -0.2) is 30.9 Å². The molecule has 0 saturated carbocycles. The molecule has 0 radical (unpaired) electrons. The van der Waals surface area contributed by atoms with Crippen molar-refractivity contribution in [1.29, 1.82) is 0 Å². The normalized spacial score (nSPS) is 9.89. The predicted octanol–water partition coefficient (Wildman–Crippen LogP) is 4.97. The molecule has 0 spiro atoms. The summed E-state index contributed by atoms with van der Waals surface area (Å²) >= 11 is 3.54. The van der Waals surface area contributed by atoms with E-state index in [0.29, 0.717) is 22.9 Å². The second kappa shape index (κ2) is 9.91. The molecule has 6 nitrogen and oxygen atoms in total. The Kier molecular flexibility index (Phi) is 8.48. The summed E-state index contributed by atoms with van der Waals surface area (Å²) in [6, 6.07) is 9.56. The molecule has 0 saturated heterocycles. The average Bonchev–Trinajstić information content (AvgIpc) is 3.02. The SMILES string of the molecule is COc1ccc(-c2c(-c3cc(Br)c(OC)c(OC)c3)ncn2C)cc1N.Cl.Cl. The third-order valence-corrected chi connectivity index (χ3v) is 4.74. The highest BCUT2D eigenvalue weighted by Crippen LogP contribution is 2.41. The fourth-order valence-corrected chi connectivity index (χ4v) is 3.52. The van der Waals surface area contributed by atoms with Crippen molar-refractivity contribution in [2.75, 3.05) is 27.1 Å². The smallest absolute Gasteiger partial charge is 0.174 e. The van der Waals surface area contributed by atoms with E-state index in [1.54, 1.807) is 27.7 Å². The van der Waals surface area contributed by atoms with Crippen LogP contribution in [0.5, 0.6) is 17.2 Å². The molecule has 0 amide bonds. The fourth-order valence-electron chi connectivity index (χ4n) is 2.92. The van der Waals surface area contributed by atoms with Gasteiger partial charge in [-0.25, -0.2) is 4.98 Å². The number of nitrogens with two attached hydrogens (primary N) is 1. The quantitative estimate of drug-likeness (QED) is 0.511. The molecule has 1 heterocycles. The van der Waals surface area contributed by atoms with Crippen molar-refractivity contribution >= 4 is 46.4 Å². The molecular formula is C19H22BrCl2N3O3. The van der Waals surface area contributed by atoms with Gasteiger partial charge in [-0.15, -0.1) is 24.8 Å². The lowest BCUT2D eigenvalue weighted by atomic mass is 10.0. The van der Waals surface area contributed by atoms with Crippen LogP contribution in [0.4, 0.5) is 5.69 Å². The number of anilines is 1. The van der Waals surface area contributed by atoms with Crippen molar-refractivity contribution in [1.82, 2.24) is 9.55 Å². The lowest BCUT2D eigenvalue weighted by molar-refractivity contribution is 0.353. The van der Waals surface area contributed by atoms with Gasteiger partial charge in [-0.05, 0) is 46.3 Å². The van der Waals surface area contributed by atoms with Crippen molar-refractivity contribution < 1.29 is 14.2 Å². The average molecular weight is 491 g/mol. The number of aryl methyl sites for hydroxylation is 1. The highest BCUT2D eigenvalue weighted by Gasteiger charge is 2.18. The van der Waals surface area contributed by atoms with Crippen molar-refractivity contribution in [3.05, 3.63) is 41.1 Å². The van der Waals surface area contributed by atoms with E-state index in [4.69, 9.17) is 19.9 Å². The van der Waals surface area contributed by atoms with E-state index in [9.17, 15) is 0 Å². The Balaban J connectivity index is 0.00000196. The van der Waals surface area contributed by atoms with Crippen molar-refractivity contribution in [2.45, 2.75) is 0 Å². The molecule has 9 heteroatoms. The van der Waals surface area contributed by atoms with Crippen molar-refractivity contribution in [3.63, 3.8) is 0 Å². The molecule has 2 N–H and O–H groups in total. The number of nitrogens with zero attached hydrogens (tertiary/aromatic N) is 2. The van der Waals surface area contributed by atoms with Gasteiger partial charge in [0.05, 0.1) is 49.2 Å². The van der Waals surface area contributed by atoms with Crippen molar-refractivity contribution in [2.24, 2.45) is 7.05 Å². The first-order valence-corrected chi connectivity index (χ1v) is 8.66. The molecule has 0 atom stereocenters. The zero-order valence-electron chi connectivity index (χ0n) is 15.9. The molecule has 0 aliphatic heterocycles. The van der Waals surface area contributed by atoms with Gasteiger partial charge in [-0.2, -0.15) is 0 Å². The molecule has 0 aliphatic rings. The maximum absolute atomic E-state index is 6.09. The van der Waals surface area contributed by atoms with Gasteiger partial charge in [-0.1, -0.05) is 0 Å². The van der Waals surface area contributed by atoms with E-state index in [-0.39, 0.29) is 24.8 Å². The lowest BCUT2D eigenvalue weighted by Gasteiger charge is -2.13. The minimum Gasteiger partial charge on any atom is -0.495 e. The van der Waals surface area contributed by atoms with Gasteiger partial charge in [0.25, 0.3) is 0 Å². The second-order valence-corrected chi connectivity index (χ2v) is 6.56. The predicted molar refractivity (Wildman–Crippen MR) is 120 cm³/mol. The standard InChI is InChI=1S/C19H20BrN3O3.2ClH/c1-23-10-22-17(12-7-13(20)19(26-4)16(9-12)25-3)18(23)11-5-6-15(24-2)14(21)8-11;;/h5-10H,21H2,1-4H3;2*1H. The van der Waals surface area contributed by atoms with Crippen LogP contribution >= 0.6 is 40.7 Å². The minimum absolute atomic E-state index is 0. The molecule has 0 unspecified atom stereocenters. The first-order valence-electron chi connectivity index (χ1n) is 7.87. The van der Waals surface area contributed by atoms with E-state index < -0.39 is 0 Å². The van der Waals surface area contributed by atoms with E-state index >= 15 is 0 Å². The van der Waals surface area contributed by atoms with Gasteiger partial charge in [0.15, 0.2) is 11.5 Å². The van der Waals surface area contributed by atoms with Gasteiger partial charge in [-0.3, -0.25) is 0 Å². The number of ether oxygens (including phenoxy) is 3. The number of methoxy groups -OCH3 is 3. The molecule has 1 aromatic heterocycles. The number of imidazole rings is 1. The Labute approximate surface area is 184 Å². The number of hydrogen-bond donors (Lipinski definition) is 1. The summed E-state index contributed by atoms with van der Waals surface area (Å²) in [5.74, 6) is 1.91. The number of halogens is 3. The Morgan fingerprint density at radius 2 is 1.61 bits per heavy atom. The number of hydrogen-bond acceptors (Lipinski definition) is 5. The number of benzene rings is 2. The zero-order valence-corrected chi connectivity index (χ0v) is 19.1. The van der Waals surface area contributed by atoms with Gasteiger partial charge in [0, 0.05) is 18.2 Å². The molecule has 2 aromatic carbocycles. The first-order chi connectivity index (χ1) is 12.5. The Morgan fingerprint density at radius 1 is 0.929 bits per heavy atom. The summed E-state index contributed by atoms with van der Waals surface area (Å²) < 4.78 is 18.8. The zero-order chi connectivity index (χ0) is 18.8. The molecule has 0 aliphatic carbocycles. The summed E-state index contributed by atoms with van der Waals surface area (Å²) in [7, 11) is 6.76. The van der Waals surface area contributed by atoms with Crippen LogP contribution < -0.4 is 19.9 Å². The maximum atomic E-state index is 6.09. The molecule has 0 bridgehead atoms. The van der Waals surface area contributed by atoms with Crippen LogP contribution in [0.25, 0.3) is 22.5 Å². The largest absolute Gasteiger partial charge is 0.495 e. The van der Waals surface area contributed by atoms with Gasteiger partial charge in [0.2, 0.25) is 0 Å². The van der Waals surface area contributed by atoms with Crippen LogP contribution in [0.3, 0.4) is 0 Å². The number of nitrogen functional groups attached to an aromatic ring is 1. The monoisotopic (exact) mass is 489 g/mol. The van der Waals surface area contributed by atoms with Gasteiger partial charge >= 0.3 is 0 Å². The number of rotatable bonds is 5. The topological polar surface area (TPSA) is 71.5 Å². The molecule has 28 heavy (non-hydrogen) atoms. The highest BCUT2D eigenvalue weighted by molar-refractivity contribution is 9.10. The van der Waals surface area contributed by atoms with Gasteiger partial charge in [0.1, 0.15) is 5.75 Å². The lowest BCUT2D eigenvalue weighted by Crippen LogP contribution is -1.97. The third kappa shape index (κ3) is 4.32. The molecule has 3 rings (SSSR count). The van der Waals surface area contributed by atoms with Crippen LogP contribution in [0.15, 0.2) is 41.1 Å². The maximum Gasteiger partial charge on any atom is 0.174 e. The molecule has 0 fully saturated rings. The Morgan fingerprint density at radius 3 is 2.18 bits per heavy atom. The van der Waals surface area contributed by atoms with E-state index in [2.05, 4.69) is 20.9 Å². The minimum atomic E-state index is 0. The highest BCUT2D eigenvalue weighted by atomic mass is 79.9. The summed E-state index contributed by atoms with van der Waals surface area (Å²) in [6.07, 6.45) is 1.77. The summed E-state index contributed by atoms with van der Waals surface area (Å²) in [6.45, 7) is 0. The Bertz CT molecular complexity index is 964. The second-order valence-electron chi connectivity index (χ2n) is 5.70. The van der Waals surface area contributed by atoms with Crippen LogP contribution in [0.2, 0.25) is 0 Å². The summed E-state index contributed by atoms with van der Waals surface area (Å²) in [5.41, 5.74) is 10.3. The third-order valence-electron chi connectivity index (χ3n) is 4.15. The van der Waals surface area contributed by atoms with Crippen LogP contribution in [-0.2, 0) is 7.05 Å². The van der Waals surface area contributed by atoms with Crippen LogP contribution in [0, 0.1) is 0 Å². The summed E-state index contributed by atoms with van der Waals surface area (Å²) in [4.78, 5) is 4.58. The molecular weight excluding hydrogens is 469 g/mol. The fraction of sp³-hybridized carbons (Fsp3) is 0.211. The van der Waals surface area contributed by atoms with E-state index in [1.807, 2.05) is 41.9 Å². The van der Waals surface area contributed by atoms with Crippen molar-refractivity contribution in [3.8, 4) is 39.8 Å².